The highest BCUT2D eigenvalue weighted by atomic mass is 16.5. The number of hydrogen-bond donors (Lipinski definition) is 2. The highest BCUT2D eigenvalue weighted by Gasteiger charge is 2.27. The molecule has 1 aliphatic heterocycles. The van der Waals surface area contributed by atoms with Gasteiger partial charge in [0.05, 0.1) is 12.6 Å². The van der Waals surface area contributed by atoms with Crippen molar-refractivity contribution in [2.75, 3.05) is 31.1 Å². The third-order valence-electron chi connectivity index (χ3n) is 4.03. The molecule has 0 aromatic heterocycles. The zero-order chi connectivity index (χ0) is 17.5. The van der Waals surface area contributed by atoms with E-state index in [1.165, 1.54) is 5.56 Å². The van der Waals surface area contributed by atoms with Gasteiger partial charge in [0.25, 0.3) is 5.91 Å². The molecule has 3 amide bonds. The maximum absolute atomic E-state index is 12.1. The summed E-state index contributed by atoms with van der Waals surface area (Å²) in [5.74, 6) is 0.400. The largest absolute Gasteiger partial charge is 0.365 e. The molecule has 0 bridgehead atoms. The third kappa shape index (κ3) is 4.96. The predicted octanol–water partition coefficient (Wildman–Crippen LogP) is 2.25. The number of ether oxygens (including phenoxy) is 1. The fraction of sp³-hybridized carbons (Fsp3) is 0.556. The first-order chi connectivity index (χ1) is 11.5. The Morgan fingerprint density at radius 1 is 1.29 bits per heavy atom. The Bertz CT molecular complexity index is 557. The van der Waals surface area contributed by atoms with Crippen molar-refractivity contribution in [3.63, 3.8) is 0 Å². The number of amides is 3. The Hall–Kier alpha value is -2.08. The van der Waals surface area contributed by atoms with Gasteiger partial charge in [-0.15, -0.1) is 0 Å². The summed E-state index contributed by atoms with van der Waals surface area (Å²) >= 11 is 0. The second kappa shape index (κ2) is 8.68. The lowest BCUT2D eigenvalue weighted by Crippen LogP contribution is -2.51. The maximum Gasteiger partial charge on any atom is 0.314 e. The molecule has 1 aliphatic rings. The normalized spacial score (nSPS) is 17.9. The minimum absolute atomic E-state index is 0.0366. The van der Waals surface area contributed by atoms with Crippen LogP contribution in [0.1, 0.15) is 38.7 Å². The predicted molar refractivity (Wildman–Crippen MR) is 94.3 cm³/mol. The molecule has 2 N–H and O–H groups in total. The Balaban J connectivity index is 1.92. The molecule has 1 saturated heterocycles. The Labute approximate surface area is 143 Å². The molecule has 132 valence electrons. The molecular weight excluding hydrogens is 306 g/mol. The van der Waals surface area contributed by atoms with Gasteiger partial charge >= 0.3 is 6.03 Å². The zero-order valence-corrected chi connectivity index (χ0v) is 14.7. The molecule has 1 unspecified atom stereocenters. The number of nitrogens with one attached hydrogen (secondary N) is 2. The highest BCUT2D eigenvalue weighted by molar-refractivity contribution is 5.95. The number of hydrogen-bond acceptors (Lipinski definition) is 3. The second-order valence-electron chi connectivity index (χ2n) is 6.32. The van der Waals surface area contributed by atoms with Crippen molar-refractivity contribution in [2.45, 2.75) is 39.2 Å². The standard InChI is InChI=1S/C18H27N3O3/c1-4-9-19-18(23)20-10-16-11-21(17(22)12-24-16)15-7-5-14(6-8-15)13(2)3/h5-8,13,16H,4,9-12H2,1-3H3,(H2,19,20,23). The first-order valence-corrected chi connectivity index (χ1v) is 8.55. The van der Waals surface area contributed by atoms with E-state index in [1.54, 1.807) is 4.90 Å². The van der Waals surface area contributed by atoms with Crippen molar-refractivity contribution >= 4 is 17.6 Å². The summed E-state index contributed by atoms with van der Waals surface area (Å²) in [4.78, 5) is 25.5. The first-order valence-electron chi connectivity index (χ1n) is 8.55. The molecule has 24 heavy (non-hydrogen) atoms. The Morgan fingerprint density at radius 3 is 2.62 bits per heavy atom. The van der Waals surface area contributed by atoms with E-state index >= 15 is 0 Å². The van der Waals surface area contributed by atoms with Crippen LogP contribution in [-0.4, -0.2) is 44.3 Å². The van der Waals surface area contributed by atoms with E-state index in [9.17, 15) is 9.59 Å². The van der Waals surface area contributed by atoms with E-state index in [0.29, 0.717) is 25.6 Å². The lowest BCUT2D eigenvalue weighted by molar-refractivity contribution is -0.129. The molecular formula is C18H27N3O3. The van der Waals surface area contributed by atoms with Crippen molar-refractivity contribution in [1.82, 2.24) is 10.6 Å². The van der Waals surface area contributed by atoms with E-state index < -0.39 is 0 Å². The van der Waals surface area contributed by atoms with Crippen molar-refractivity contribution in [2.24, 2.45) is 0 Å². The summed E-state index contributed by atoms with van der Waals surface area (Å²) in [6.07, 6.45) is 0.682. The summed E-state index contributed by atoms with van der Waals surface area (Å²) in [6, 6.07) is 7.83. The molecule has 0 aliphatic carbocycles. The van der Waals surface area contributed by atoms with Crippen molar-refractivity contribution in [3.05, 3.63) is 29.8 Å². The van der Waals surface area contributed by atoms with E-state index in [-0.39, 0.29) is 24.6 Å². The monoisotopic (exact) mass is 333 g/mol. The van der Waals surface area contributed by atoms with Crippen LogP contribution in [0, 0.1) is 0 Å². The fourth-order valence-corrected chi connectivity index (χ4v) is 2.54. The minimum atomic E-state index is -0.208. The van der Waals surface area contributed by atoms with Crippen LogP contribution in [0.15, 0.2) is 24.3 Å². The quantitative estimate of drug-likeness (QED) is 0.839. The smallest absolute Gasteiger partial charge is 0.314 e. The van der Waals surface area contributed by atoms with Gasteiger partial charge in [0.15, 0.2) is 0 Å². The summed E-state index contributed by atoms with van der Waals surface area (Å²) in [5, 5.41) is 5.54. The fourth-order valence-electron chi connectivity index (χ4n) is 2.54. The van der Waals surface area contributed by atoms with E-state index in [1.807, 2.05) is 31.2 Å². The van der Waals surface area contributed by atoms with Gasteiger partial charge < -0.3 is 20.3 Å². The van der Waals surface area contributed by atoms with E-state index in [0.717, 1.165) is 12.1 Å². The molecule has 1 fully saturated rings. The van der Waals surface area contributed by atoms with Gasteiger partial charge in [0, 0.05) is 18.8 Å². The van der Waals surface area contributed by atoms with Gasteiger partial charge in [0.1, 0.15) is 6.61 Å². The Kier molecular flexibility index (Phi) is 6.61. The van der Waals surface area contributed by atoms with Crippen molar-refractivity contribution < 1.29 is 14.3 Å². The van der Waals surface area contributed by atoms with Crippen LogP contribution in [0.3, 0.4) is 0 Å². The number of anilines is 1. The minimum Gasteiger partial charge on any atom is -0.365 e. The van der Waals surface area contributed by atoms with E-state index in [2.05, 4.69) is 24.5 Å². The first kappa shape index (κ1) is 18.3. The highest BCUT2D eigenvalue weighted by Crippen LogP contribution is 2.22. The Morgan fingerprint density at radius 2 is 2.00 bits per heavy atom. The topological polar surface area (TPSA) is 70.7 Å². The van der Waals surface area contributed by atoms with Crippen LogP contribution in [0.25, 0.3) is 0 Å². The van der Waals surface area contributed by atoms with Gasteiger partial charge in [-0.25, -0.2) is 4.79 Å². The molecule has 1 heterocycles. The van der Waals surface area contributed by atoms with Gasteiger partial charge in [0.2, 0.25) is 0 Å². The number of urea groups is 1. The summed E-state index contributed by atoms with van der Waals surface area (Å²) < 4.78 is 5.53. The van der Waals surface area contributed by atoms with Crippen LogP contribution >= 0.6 is 0 Å². The summed E-state index contributed by atoms with van der Waals surface area (Å²) in [7, 11) is 0. The van der Waals surface area contributed by atoms with Gasteiger partial charge in [-0.05, 0) is 30.0 Å². The van der Waals surface area contributed by atoms with Gasteiger partial charge in [-0.1, -0.05) is 32.9 Å². The third-order valence-corrected chi connectivity index (χ3v) is 4.03. The molecule has 0 saturated carbocycles. The molecule has 0 spiro atoms. The van der Waals surface area contributed by atoms with Crippen molar-refractivity contribution in [1.29, 1.82) is 0 Å². The molecule has 1 atom stereocenters. The number of benzene rings is 1. The number of rotatable bonds is 6. The van der Waals surface area contributed by atoms with E-state index in [4.69, 9.17) is 4.74 Å². The number of nitrogens with zero attached hydrogens (tertiary/aromatic N) is 1. The van der Waals surface area contributed by atoms with Crippen LogP contribution in [-0.2, 0) is 9.53 Å². The van der Waals surface area contributed by atoms with Gasteiger partial charge in [-0.3, -0.25) is 4.79 Å². The number of morpholine rings is 1. The number of carbonyl (C=O) groups is 2. The lowest BCUT2D eigenvalue weighted by atomic mass is 10.0. The average Bonchev–Trinajstić information content (AvgIpc) is 2.59. The average molecular weight is 333 g/mol. The van der Waals surface area contributed by atoms with Crippen molar-refractivity contribution in [3.8, 4) is 0 Å². The molecule has 1 aromatic rings. The van der Waals surface area contributed by atoms with Crippen LogP contribution in [0.2, 0.25) is 0 Å². The summed E-state index contributed by atoms with van der Waals surface area (Å²) in [5.41, 5.74) is 2.11. The SMILES string of the molecule is CCCNC(=O)NCC1CN(c2ccc(C(C)C)cc2)C(=O)CO1. The molecule has 6 heteroatoms. The second-order valence-corrected chi connectivity index (χ2v) is 6.32. The zero-order valence-electron chi connectivity index (χ0n) is 14.7. The number of carbonyl (C=O) groups excluding carboxylic acids is 2. The lowest BCUT2D eigenvalue weighted by Gasteiger charge is -2.33. The molecule has 2 rings (SSSR count). The van der Waals surface area contributed by atoms with Crippen LogP contribution in [0.5, 0.6) is 0 Å². The molecule has 1 aromatic carbocycles. The van der Waals surface area contributed by atoms with Gasteiger partial charge in [-0.2, -0.15) is 0 Å². The van der Waals surface area contributed by atoms with Crippen LogP contribution in [0.4, 0.5) is 10.5 Å². The molecule has 0 radical (unpaired) electrons. The summed E-state index contributed by atoms with van der Waals surface area (Å²) in [6.45, 7) is 7.77. The molecule has 6 nitrogen and oxygen atoms in total. The van der Waals surface area contributed by atoms with Crippen LogP contribution < -0.4 is 15.5 Å². The maximum atomic E-state index is 12.1.